The molecule has 1 aromatic carbocycles. The molecule has 2 aliphatic rings. The summed E-state index contributed by atoms with van der Waals surface area (Å²) >= 11 is 0. The van der Waals surface area contributed by atoms with Gasteiger partial charge in [0.1, 0.15) is 17.2 Å². The number of aryl methyl sites for hydroxylation is 1. The summed E-state index contributed by atoms with van der Waals surface area (Å²) in [6.45, 7) is 5.21. The van der Waals surface area contributed by atoms with Crippen molar-refractivity contribution in [2.45, 2.75) is 56.3 Å². The van der Waals surface area contributed by atoms with Crippen molar-refractivity contribution in [2.24, 2.45) is 0 Å². The van der Waals surface area contributed by atoms with Crippen molar-refractivity contribution in [3.63, 3.8) is 0 Å². The SMILES string of the molecule is CCOC1(C)[C@]2(O)[C@@H](CO)O[C@@H](n3cnc4c(N)nc(Nc5ccc(CC)cc5)nc43)[C@]12O. The van der Waals surface area contributed by atoms with E-state index in [-0.39, 0.29) is 18.4 Å². The zero-order valence-corrected chi connectivity index (χ0v) is 18.7. The van der Waals surface area contributed by atoms with Gasteiger partial charge in [-0.3, -0.25) is 4.57 Å². The molecule has 2 fully saturated rings. The second-order valence-electron chi connectivity index (χ2n) is 8.59. The highest BCUT2D eigenvalue weighted by molar-refractivity contribution is 5.83. The first-order valence-corrected chi connectivity index (χ1v) is 11.0. The molecule has 3 heterocycles. The van der Waals surface area contributed by atoms with Crippen LogP contribution < -0.4 is 11.1 Å². The second kappa shape index (κ2) is 7.34. The zero-order valence-electron chi connectivity index (χ0n) is 18.7. The number of fused-ring (bicyclic) bond motifs is 2. The van der Waals surface area contributed by atoms with Crippen LogP contribution in [0.2, 0.25) is 0 Å². The summed E-state index contributed by atoms with van der Waals surface area (Å²) in [6.07, 6.45) is 0.173. The second-order valence-corrected chi connectivity index (χ2v) is 8.59. The van der Waals surface area contributed by atoms with E-state index in [4.69, 9.17) is 15.2 Å². The van der Waals surface area contributed by atoms with Crippen molar-refractivity contribution in [1.82, 2.24) is 19.5 Å². The lowest BCUT2D eigenvalue weighted by molar-refractivity contribution is -0.165. The summed E-state index contributed by atoms with van der Waals surface area (Å²) in [7, 11) is 0. The number of anilines is 3. The number of nitrogen functional groups attached to an aromatic ring is 1. The smallest absolute Gasteiger partial charge is 0.231 e. The van der Waals surface area contributed by atoms with E-state index in [0.29, 0.717) is 11.2 Å². The Balaban J connectivity index is 1.55. The van der Waals surface area contributed by atoms with Gasteiger partial charge >= 0.3 is 0 Å². The summed E-state index contributed by atoms with van der Waals surface area (Å²) in [5.74, 6) is 0.391. The molecule has 11 heteroatoms. The molecule has 1 saturated heterocycles. The van der Waals surface area contributed by atoms with E-state index in [0.717, 1.165) is 12.1 Å². The number of rotatable bonds is 7. The van der Waals surface area contributed by atoms with Gasteiger partial charge in [-0.25, -0.2) is 4.98 Å². The van der Waals surface area contributed by atoms with E-state index in [9.17, 15) is 15.3 Å². The van der Waals surface area contributed by atoms with Gasteiger partial charge in [-0.05, 0) is 38.0 Å². The van der Waals surface area contributed by atoms with Gasteiger partial charge in [0, 0.05) is 12.3 Å². The molecule has 6 N–H and O–H groups in total. The largest absolute Gasteiger partial charge is 0.394 e. The van der Waals surface area contributed by atoms with Crippen molar-refractivity contribution in [2.75, 3.05) is 24.3 Å². The number of imidazole rings is 1. The molecule has 176 valence electrons. The number of nitrogens with one attached hydrogen (secondary N) is 1. The van der Waals surface area contributed by atoms with Crippen molar-refractivity contribution < 1.29 is 24.8 Å². The van der Waals surface area contributed by atoms with Gasteiger partial charge in [0.2, 0.25) is 5.95 Å². The number of aliphatic hydroxyl groups is 3. The number of hydrogen-bond acceptors (Lipinski definition) is 10. The maximum absolute atomic E-state index is 11.5. The zero-order chi connectivity index (χ0) is 23.6. The number of ether oxygens (including phenoxy) is 2. The minimum atomic E-state index is -1.83. The van der Waals surface area contributed by atoms with Gasteiger partial charge in [-0.2, -0.15) is 9.97 Å². The van der Waals surface area contributed by atoms with Crippen LogP contribution in [-0.4, -0.2) is 71.0 Å². The fourth-order valence-corrected chi connectivity index (χ4v) is 5.11. The van der Waals surface area contributed by atoms with Crippen molar-refractivity contribution in [1.29, 1.82) is 0 Å². The lowest BCUT2D eigenvalue weighted by atomic mass is 10.1. The average Bonchev–Trinajstić information content (AvgIpc) is 3.14. The molecule has 1 aliphatic heterocycles. The van der Waals surface area contributed by atoms with Crippen LogP contribution in [0.15, 0.2) is 30.6 Å². The summed E-state index contributed by atoms with van der Waals surface area (Å²) in [6, 6.07) is 7.86. The lowest BCUT2D eigenvalue weighted by Gasteiger charge is -2.29. The Bertz CT molecular complexity index is 1200. The standard InChI is InChI=1S/C22H28N6O5/c1-4-12-6-8-13(9-7-12)25-19-26-16(23)15-17(27-19)28(11-24-15)18-22(31)20(3,32-5-2)21(22,30)14(10-29)33-18/h6-9,11,14,18,29-31H,4-5,10H2,1-3H3,(H3,23,25,26,27)/t14-,18-,20?,21-,22+/m1/s1. The average molecular weight is 457 g/mol. The third-order valence-corrected chi connectivity index (χ3v) is 7.01. The minimum Gasteiger partial charge on any atom is -0.394 e. The molecule has 0 spiro atoms. The van der Waals surface area contributed by atoms with Crippen molar-refractivity contribution >= 4 is 28.6 Å². The molecular weight excluding hydrogens is 428 g/mol. The summed E-state index contributed by atoms with van der Waals surface area (Å²) < 4.78 is 13.1. The number of benzene rings is 1. The van der Waals surface area contributed by atoms with Gasteiger partial charge in [0.05, 0.1) is 12.9 Å². The van der Waals surface area contributed by atoms with Crippen LogP contribution in [0.25, 0.3) is 11.2 Å². The molecule has 2 aromatic heterocycles. The van der Waals surface area contributed by atoms with Crippen molar-refractivity contribution in [3.8, 4) is 0 Å². The van der Waals surface area contributed by atoms with Crippen molar-refractivity contribution in [3.05, 3.63) is 36.2 Å². The number of aromatic nitrogens is 4. The molecule has 3 aromatic rings. The van der Waals surface area contributed by atoms with Crippen LogP contribution in [0.5, 0.6) is 0 Å². The third kappa shape index (κ3) is 2.71. The number of aliphatic hydroxyl groups excluding tert-OH is 1. The fraction of sp³-hybridized carbons (Fsp3) is 0.500. The van der Waals surface area contributed by atoms with Gasteiger partial charge in [-0.1, -0.05) is 19.1 Å². The summed E-state index contributed by atoms with van der Waals surface area (Å²) in [4.78, 5) is 13.1. The Kier molecular flexibility index (Phi) is 4.89. The van der Waals surface area contributed by atoms with Gasteiger partial charge in [-0.15, -0.1) is 0 Å². The van der Waals surface area contributed by atoms with Gasteiger partial charge in [0.25, 0.3) is 0 Å². The predicted octanol–water partition coefficient (Wildman–Crippen LogP) is 0.875. The van der Waals surface area contributed by atoms with Crippen LogP contribution in [0, 0.1) is 0 Å². The Morgan fingerprint density at radius 2 is 1.91 bits per heavy atom. The third-order valence-electron chi connectivity index (χ3n) is 7.01. The highest BCUT2D eigenvalue weighted by Crippen LogP contribution is 2.71. The van der Waals surface area contributed by atoms with E-state index >= 15 is 0 Å². The minimum absolute atomic E-state index is 0.147. The molecule has 1 saturated carbocycles. The first kappa shape index (κ1) is 22.0. The monoisotopic (exact) mass is 456 g/mol. The number of nitrogens with two attached hydrogens (primary N) is 1. The maximum Gasteiger partial charge on any atom is 0.231 e. The molecule has 1 unspecified atom stereocenters. The topological polar surface area (TPSA) is 161 Å². The molecular formula is C22H28N6O5. The predicted molar refractivity (Wildman–Crippen MR) is 120 cm³/mol. The van der Waals surface area contributed by atoms with Crippen LogP contribution in [0.3, 0.4) is 0 Å². The Hall–Kier alpha value is -2.83. The molecule has 1 aliphatic carbocycles. The van der Waals surface area contributed by atoms with E-state index in [2.05, 4.69) is 27.2 Å². The first-order valence-electron chi connectivity index (χ1n) is 11.0. The Morgan fingerprint density at radius 1 is 1.18 bits per heavy atom. The normalized spacial score (nSPS) is 32.8. The van der Waals surface area contributed by atoms with E-state index in [1.807, 2.05) is 24.3 Å². The van der Waals surface area contributed by atoms with Crippen LogP contribution in [-0.2, 0) is 15.9 Å². The van der Waals surface area contributed by atoms with Crippen LogP contribution >= 0.6 is 0 Å². The molecule has 0 radical (unpaired) electrons. The Morgan fingerprint density at radius 3 is 2.55 bits per heavy atom. The van der Waals surface area contributed by atoms with E-state index < -0.39 is 35.7 Å². The summed E-state index contributed by atoms with van der Waals surface area (Å²) in [5.41, 5.74) is 3.78. The molecule has 5 rings (SSSR count). The molecule has 0 bridgehead atoms. The summed E-state index contributed by atoms with van der Waals surface area (Å²) in [5, 5.41) is 35.8. The number of nitrogens with zero attached hydrogens (tertiary/aromatic N) is 4. The van der Waals surface area contributed by atoms with Gasteiger partial charge in [0.15, 0.2) is 28.9 Å². The van der Waals surface area contributed by atoms with Crippen LogP contribution in [0.1, 0.15) is 32.6 Å². The van der Waals surface area contributed by atoms with Gasteiger partial charge < -0.3 is 35.8 Å². The van der Waals surface area contributed by atoms with E-state index in [1.54, 1.807) is 13.8 Å². The highest BCUT2D eigenvalue weighted by Gasteiger charge is 2.96. The van der Waals surface area contributed by atoms with Crippen LogP contribution in [0.4, 0.5) is 17.5 Å². The highest BCUT2D eigenvalue weighted by atomic mass is 16.6. The molecule has 0 amide bonds. The Labute approximate surface area is 190 Å². The lowest BCUT2D eigenvalue weighted by Crippen LogP contribution is -2.41. The number of hydrogen-bond donors (Lipinski definition) is 5. The fourth-order valence-electron chi connectivity index (χ4n) is 5.11. The quantitative estimate of drug-likeness (QED) is 0.345. The maximum atomic E-state index is 11.5. The first-order chi connectivity index (χ1) is 15.7. The molecule has 33 heavy (non-hydrogen) atoms. The van der Waals surface area contributed by atoms with E-state index in [1.165, 1.54) is 16.5 Å². The molecule has 5 atom stereocenters. The molecule has 11 nitrogen and oxygen atoms in total.